The summed E-state index contributed by atoms with van der Waals surface area (Å²) in [6.07, 6.45) is 2.93. The molecular formula is C23H20FN5O5. The number of carbonyl (C=O) groups is 2. The molecule has 174 valence electrons. The zero-order valence-corrected chi connectivity index (χ0v) is 18.2. The van der Waals surface area contributed by atoms with Gasteiger partial charge < -0.3 is 23.8 Å². The molecule has 3 aromatic heterocycles. The van der Waals surface area contributed by atoms with Gasteiger partial charge in [0.2, 0.25) is 0 Å². The number of furan rings is 1. The first kappa shape index (κ1) is 21.4. The van der Waals surface area contributed by atoms with Crippen LogP contribution < -0.4 is 11.2 Å². The molecule has 1 aliphatic rings. The van der Waals surface area contributed by atoms with Crippen LogP contribution in [0.2, 0.25) is 0 Å². The van der Waals surface area contributed by atoms with Crippen LogP contribution in [-0.2, 0) is 7.05 Å². The molecule has 0 saturated carbocycles. The molecule has 0 spiro atoms. The van der Waals surface area contributed by atoms with Gasteiger partial charge in [0, 0.05) is 39.4 Å². The SMILES string of the molecule is Cn1cc(C(=O)N2CCN(C(=O)c3ccco3)CC2)c2[nH]c(=O)n(-c3ccc(F)cc3)c(=O)c21. The average molecular weight is 465 g/mol. The van der Waals surface area contributed by atoms with Gasteiger partial charge in [-0.1, -0.05) is 0 Å². The van der Waals surface area contributed by atoms with E-state index in [1.165, 1.54) is 29.2 Å². The van der Waals surface area contributed by atoms with Crippen molar-refractivity contribution in [3.05, 3.63) is 86.8 Å². The number of fused-ring (bicyclic) bond motifs is 1. The minimum absolute atomic E-state index is 0.134. The second-order valence-corrected chi connectivity index (χ2v) is 7.99. The third kappa shape index (κ3) is 3.51. The largest absolute Gasteiger partial charge is 0.459 e. The average Bonchev–Trinajstić information content (AvgIpc) is 3.48. The molecule has 10 nitrogen and oxygen atoms in total. The summed E-state index contributed by atoms with van der Waals surface area (Å²) in [6, 6.07) is 8.19. The number of carbonyl (C=O) groups excluding carboxylic acids is 2. The fraction of sp³-hybridized carbons (Fsp3) is 0.217. The number of aryl methyl sites for hydroxylation is 1. The molecule has 0 atom stereocenters. The molecule has 2 amide bonds. The van der Waals surface area contributed by atoms with Crippen LogP contribution >= 0.6 is 0 Å². The zero-order valence-electron chi connectivity index (χ0n) is 18.2. The van der Waals surface area contributed by atoms with Gasteiger partial charge in [-0.2, -0.15) is 0 Å². The van der Waals surface area contributed by atoms with Crippen molar-refractivity contribution in [2.75, 3.05) is 26.2 Å². The quantitative estimate of drug-likeness (QED) is 0.491. The van der Waals surface area contributed by atoms with Crippen molar-refractivity contribution in [1.82, 2.24) is 23.9 Å². The van der Waals surface area contributed by atoms with Gasteiger partial charge in [0.25, 0.3) is 17.4 Å². The monoisotopic (exact) mass is 465 g/mol. The van der Waals surface area contributed by atoms with E-state index in [1.807, 2.05) is 0 Å². The molecule has 0 bridgehead atoms. The molecule has 0 aliphatic carbocycles. The van der Waals surface area contributed by atoms with Gasteiger partial charge in [0.15, 0.2) is 5.76 Å². The van der Waals surface area contributed by atoms with Gasteiger partial charge in [-0.15, -0.1) is 0 Å². The van der Waals surface area contributed by atoms with E-state index in [4.69, 9.17) is 4.42 Å². The number of aromatic nitrogens is 3. The topological polar surface area (TPSA) is 114 Å². The molecule has 5 rings (SSSR count). The summed E-state index contributed by atoms with van der Waals surface area (Å²) in [6.45, 7) is 1.23. The lowest BCUT2D eigenvalue weighted by Crippen LogP contribution is -2.50. The van der Waals surface area contributed by atoms with Crippen LogP contribution in [-0.4, -0.2) is 61.9 Å². The Morgan fingerprint density at radius 3 is 2.24 bits per heavy atom. The second kappa shape index (κ2) is 8.18. The van der Waals surface area contributed by atoms with Crippen molar-refractivity contribution in [3.63, 3.8) is 0 Å². The van der Waals surface area contributed by atoms with Gasteiger partial charge in [0.1, 0.15) is 11.3 Å². The summed E-state index contributed by atoms with van der Waals surface area (Å²) in [5.41, 5.74) is -0.697. The van der Waals surface area contributed by atoms with Gasteiger partial charge in [-0.3, -0.25) is 14.4 Å². The number of halogens is 1. The molecule has 34 heavy (non-hydrogen) atoms. The van der Waals surface area contributed by atoms with Crippen molar-refractivity contribution < 1.29 is 18.4 Å². The molecule has 1 aromatic carbocycles. The first-order valence-corrected chi connectivity index (χ1v) is 10.6. The van der Waals surface area contributed by atoms with E-state index in [0.717, 1.165) is 16.7 Å². The number of H-pyrrole nitrogens is 1. The molecule has 4 heterocycles. The number of nitrogens with zero attached hydrogens (tertiary/aromatic N) is 4. The van der Waals surface area contributed by atoms with Crippen LogP contribution in [0.3, 0.4) is 0 Å². The van der Waals surface area contributed by atoms with Crippen LogP contribution in [0.1, 0.15) is 20.9 Å². The fourth-order valence-electron chi connectivity index (χ4n) is 4.20. The van der Waals surface area contributed by atoms with Crippen LogP contribution in [0.15, 0.2) is 62.9 Å². The minimum atomic E-state index is -0.738. The second-order valence-electron chi connectivity index (χ2n) is 7.99. The highest BCUT2D eigenvalue weighted by atomic mass is 19.1. The van der Waals surface area contributed by atoms with E-state index >= 15 is 0 Å². The number of piperazine rings is 1. The molecular weight excluding hydrogens is 445 g/mol. The molecule has 1 saturated heterocycles. The molecule has 4 aromatic rings. The summed E-state index contributed by atoms with van der Waals surface area (Å²) >= 11 is 0. The van der Waals surface area contributed by atoms with Crippen LogP contribution in [0, 0.1) is 5.82 Å². The van der Waals surface area contributed by atoms with E-state index in [-0.39, 0.29) is 39.9 Å². The van der Waals surface area contributed by atoms with E-state index in [1.54, 1.807) is 29.0 Å². The summed E-state index contributed by atoms with van der Waals surface area (Å²) in [7, 11) is 1.60. The summed E-state index contributed by atoms with van der Waals surface area (Å²) < 4.78 is 20.8. The number of aromatic amines is 1. The molecule has 1 aliphatic heterocycles. The van der Waals surface area contributed by atoms with E-state index < -0.39 is 17.1 Å². The number of rotatable bonds is 3. The maximum absolute atomic E-state index is 13.3. The maximum atomic E-state index is 13.3. The Balaban J connectivity index is 1.44. The Morgan fingerprint density at radius 1 is 0.971 bits per heavy atom. The molecule has 0 unspecified atom stereocenters. The number of amides is 2. The lowest BCUT2D eigenvalue weighted by molar-refractivity contribution is 0.0519. The third-order valence-corrected chi connectivity index (χ3v) is 5.92. The van der Waals surface area contributed by atoms with Crippen LogP contribution in [0.4, 0.5) is 4.39 Å². The minimum Gasteiger partial charge on any atom is -0.459 e. The summed E-state index contributed by atoms with van der Waals surface area (Å²) in [5, 5.41) is 0. The van der Waals surface area contributed by atoms with E-state index in [0.29, 0.717) is 26.2 Å². The highest BCUT2D eigenvalue weighted by Gasteiger charge is 2.29. The molecule has 1 fully saturated rings. The molecule has 1 N–H and O–H groups in total. The highest BCUT2D eigenvalue weighted by Crippen LogP contribution is 2.19. The van der Waals surface area contributed by atoms with E-state index in [2.05, 4.69) is 4.98 Å². The van der Waals surface area contributed by atoms with Crippen LogP contribution in [0.25, 0.3) is 16.7 Å². The molecule has 11 heteroatoms. The van der Waals surface area contributed by atoms with Crippen LogP contribution in [0.5, 0.6) is 0 Å². The third-order valence-electron chi connectivity index (χ3n) is 5.92. The number of hydrogen-bond donors (Lipinski definition) is 1. The maximum Gasteiger partial charge on any atom is 0.333 e. The Labute approximate surface area is 191 Å². The van der Waals surface area contributed by atoms with Gasteiger partial charge >= 0.3 is 5.69 Å². The number of hydrogen-bond acceptors (Lipinski definition) is 5. The highest BCUT2D eigenvalue weighted by molar-refractivity contribution is 6.05. The first-order valence-electron chi connectivity index (χ1n) is 10.6. The predicted octanol–water partition coefficient (Wildman–Crippen LogP) is 1.35. The Kier molecular flexibility index (Phi) is 5.16. The lowest BCUT2D eigenvalue weighted by atomic mass is 10.2. The van der Waals surface area contributed by atoms with Gasteiger partial charge in [-0.05, 0) is 36.4 Å². The Morgan fingerprint density at radius 2 is 1.62 bits per heavy atom. The van der Waals surface area contributed by atoms with Gasteiger partial charge in [-0.25, -0.2) is 13.8 Å². The van der Waals surface area contributed by atoms with Gasteiger partial charge in [0.05, 0.1) is 23.0 Å². The Bertz CT molecular complexity index is 1510. The summed E-state index contributed by atoms with van der Waals surface area (Å²) in [4.78, 5) is 57.4. The lowest BCUT2D eigenvalue weighted by Gasteiger charge is -2.34. The van der Waals surface area contributed by atoms with Crippen molar-refractivity contribution in [2.24, 2.45) is 7.05 Å². The smallest absolute Gasteiger partial charge is 0.333 e. The Hall–Kier alpha value is -4.41. The first-order chi connectivity index (χ1) is 16.3. The number of nitrogens with one attached hydrogen (secondary N) is 1. The zero-order chi connectivity index (χ0) is 24.0. The predicted molar refractivity (Wildman–Crippen MR) is 120 cm³/mol. The normalized spacial score (nSPS) is 14.1. The van der Waals surface area contributed by atoms with Crippen molar-refractivity contribution in [2.45, 2.75) is 0 Å². The van der Waals surface area contributed by atoms with Crippen molar-refractivity contribution in [1.29, 1.82) is 0 Å². The standard InChI is InChI=1S/C23H20FN5O5/c1-26-13-16(20(30)27-8-10-28(11-9-27)21(31)17-3-2-12-34-17)18-19(26)22(32)29(23(33)25-18)15-6-4-14(24)5-7-15/h2-7,12-13H,8-11H2,1H3,(H,25,33). The van der Waals surface area contributed by atoms with E-state index in [9.17, 15) is 23.6 Å². The van der Waals surface area contributed by atoms with Crippen molar-refractivity contribution >= 4 is 22.8 Å². The van der Waals surface area contributed by atoms with Crippen molar-refractivity contribution in [3.8, 4) is 5.69 Å². The molecule has 0 radical (unpaired) electrons. The fourth-order valence-corrected chi connectivity index (χ4v) is 4.20. The summed E-state index contributed by atoms with van der Waals surface area (Å²) in [5.74, 6) is -0.853. The number of benzene rings is 1.